The van der Waals surface area contributed by atoms with Gasteiger partial charge in [-0.2, -0.15) is 0 Å². The Morgan fingerprint density at radius 3 is 1.83 bits per heavy atom. The first-order chi connectivity index (χ1) is 14.5. The van der Waals surface area contributed by atoms with Gasteiger partial charge >= 0.3 is 17.9 Å². The number of carbonyl (C=O) groups is 3. The number of ether oxygens (including phenoxy) is 1. The average molecular weight is 421 g/mol. The molecule has 0 saturated heterocycles. The maximum absolute atomic E-state index is 11.8. The van der Waals surface area contributed by atoms with E-state index in [1.165, 1.54) is 59.0 Å². The maximum atomic E-state index is 11.8. The number of carbonyl (C=O) groups excluding carboxylic acids is 3. The standard InChI is InChI=1S/C24H36O6/c1-20(25)29-30-23(26)19-13-11-9-7-5-3-4-6-8-10-12-16-21-17-14-15-18-22(21)24(27)28-2/h14-15,17-18H,3-13,16,19H2,1-2H3. The molecule has 6 nitrogen and oxygen atoms in total. The van der Waals surface area contributed by atoms with Crippen molar-refractivity contribution in [3.8, 4) is 0 Å². The van der Waals surface area contributed by atoms with Crippen LogP contribution in [0.15, 0.2) is 24.3 Å². The Labute approximate surface area is 180 Å². The fraction of sp³-hybridized carbons (Fsp3) is 0.625. The van der Waals surface area contributed by atoms with E-state index in [4.69, 9.17) is 4.74 Å². The molecule has 0 radical (unpaired) electrons. The Bertz CT molecular complexity index is 640. The largest absolute Gasteiger partial charge is 0.465 e. The highest BCUT2D eigenvalue weighted by molar-refractivity contribution is 5.90. The summed E-state index contributed by atoms with van der Waals surface area (Å²) < 4.78 is 4.84. The summed E-state index contributed by atoms with van der Waals surface area (Å²) in [5, 5.41) is 0. The van der Waals surface area contributed by atoms with Crippen LogP contribution in [-0.4, -0.2) is 25.0 Å². The van der Waals surface area contributed by atoms with Crippen molar-refractivity contribution in [2.45, 2.75) is 90.4 Å². The van der Waals surface area contributed by atoms with Gasteiger partial charge in [-0.05, 0) is 30.9 Å². The third kappa shape index (κ3) is 12.2. The Morgan fingerprint density at radius 2 is 1.27 bits per heavy atom. The van der Waals surface area contributed by atoms with E-state index in [2.05, 4.69) is 9.78 Å². The zero-order chi connectivity index (χ0) is 22.0. The number of methoxy groups -OCH3 is 1. The Hall–Kier alpha value is -2.37. The van der Waals surface area contributed by atoms with Crippen LogP contribution in [0.25, 0.3) is 0 Å². The van der Waals surface area contributed by atoms with Crippen LogP contribution in [0.4, 0.5) is 0 Å². The molecule has 168 valence electrons. The highest BCUT2D eigenvalue weighted by atomic mass is 17.2. The van der Waals surface area contributed by atoms with Crippen LogP contribution in [0, 0.1) is 0 Å². The van der Waals surface area contributed by atoms with Crippen molar-refractivity contribution in [1.82, 2.24) is 0 Å². The van der Waals surface area contributed by atoms with Crippen LogP contribution < -0.4 is 0 Å². The minimum atomic E-state index is -0.618. The first-order valence-electron chi connectivity index (χ1n) is 11.1. The number of unbranched alkanes of at least 4 members (excludes halogenated alkanes) is 10. The second-order valence-corrected chi connectivity index (χ2v) is 7.57. The topological polar surface area (TPSA) is 78.9 Å². The van der Waals surface area contributed by atoms with E-state index in [1.54, 1.807) is 0 Å². The summed E-state index contributed by atoms with van der Waals surface area (Å²) in [5.74, 6) is -1.36. The fourth-order valence-corrected chi connectivity index (χ4v) is 3.37. The van der Waals surface area contributed by atoms with Gasteiger partial charge in [-0.3, -0.25) is 0 Å². The molecule has 0 aliphatic rings. The Kier molecular flexibility index (Phi) is 14.1. The van der Waals surface area contributed by atoms with Crippen molar-refractivity contribution in [1.29, 1.82) is 0 Å². The normalized spacial score (nSPS) is 10.5. The van der Waals surface area contributed by atoms with Crippen LogP contribution in [0.5, 0.6) is 0 Å². The lowest BCUT2D eigenvalue weighted by molar-refractivity contribution is -0.257. The molecule has 0 heterocycles. The van der Waals surface area contributed by atoms with E-state index < -0.39 is 11.9 Å². The first-order valence-corrected chi connectivity index (χ1v) is 11.1. The number of aryl methyl sites for hydroxylation is 1. The molecule has 30 heavy (non-hydrogen) atoms. The Balaban J connectivity index is 1.92. The molecular weight excluding hydrogens is 384 g/mol. The number of benzene rings is 1. The van der Waals surface area contributed by atoms with Gasteiger partial charge in [0.15, 0.2) is 0 Å². The van der Waals surface area contributed by atoms with Crippen LogP contribution in [0.3, 0.4) is 0 Å². The van der Waals surface area contributed by atoms with E-state index in [0.29, 0.717) is 5.56 Å². The predicted molar refractivity (Wildman–Crippen MR) is 115 cm³/mol. The van der Waals surface area contributed by atoms with Crippen molar-refractivity contribution in [3.63, 3.8) is 0 Å². The predicted octanol–water partition coefficient (Wildman–Crippen LogP) is 5.72. The lowest BCUT2D eigenvalue weighted by atomic mass is 10.00. The molecule has 0 aliphatic heterocycles. The quantitative estimate of drug-likeness (QED) is 0.156. The third-order valence-corrected chi connectivity index (χ3v) is 5.00. The highest BCUT2D eigenvalue weighted by Crippen LogP contribution is 2.16. The Morgan fingerprint density at radius 1 is 0.733 bits per heavy atom. The van der Waals surface area contributed by atoms with E-state index in [-0.39, 0.29) is 12.4 Å². The van der Waals surface area contributed by atoms with Gasteiger partial charge in [0.1, 0.15) is 0 Å². The molecule has 0 bridgehead atoms. The van der Waals surface area contributed by atoms with Gasteiger partial charge in [0, 0.05) is 6.92 Å². The van der Waals surface area contributed by atoms with E-state index >= 15 is 0 Å². The highest BCUT2D eigenvalue weighted by Gasteiger charge is 2.10. The fourth-order valence-electron chi connectivity index (χ4n) is 3.37. The van der Waals surface area contributed by atoms with E-state index in [0.717, 1.165) is 37.7 Å². The van der Waals surface area contributed by atoms with Gasteiger partial charge < -0.3 is 4.74 Å². The minimum absolute atomic E-state index is 0.257. The lowest BCUT2D eigenvalue weighted by Crippen LogP contribution is -2.08. The SMILES string of the molecule is COC(=O)c1ccccc1CCCCCCCCCCCCCC(=O)OOC(C)=O. The molecule has 1 rings (SSSR count). The molecule has 0 atom stereocenters. The molecule has 0 amide bonds. The van der Waals surface area contributed by atoms with Gasteiger partial charge in [-0.25, -0.2) is 24.2 Å². The van der Waals surface area contributed by atoms with Crippen LogP contribution in [0.1, 0.15) is 99.9 Å². The van der Waals surface area contributed by atoms with Gasteiger partial charge in [0.25, 0.3) is 0 Å². The number of hydrogen-bond acceptors (Lipinski definition) is 6. The summed E-state index contributed by atoms with van der Waals surface area (Å²) in [6.07, 6.45) is 13.7. The molecule has 1 aromatic rings. The molecule has 0 spiro atoms. The molecule has 0 unspecified atom stereocenters. The first kappa shape index (κ1) is 25.7. The van der Waals surface area contributed by atoms with Crippen LogP contribution in [0.2, 0.25) is 0 Å². The average Bonchev–Trinajstić information content (AvgIpc) is 2.75. The van der Waals surface area contributed by atoms with E-state index in [1.807, 2.05) is 24.3 Å². The second kappa shape index (κ2) is 16.4. The molecule has 1 aromatic carbocycles. The zero-order valence-electron chi connectivity index (χ0n) is 18.5. The minimum Gasteiger partial charge on any atom is -0.465 e. The molecule has 0 N–H and O–H groups in total. The van der Waals surface area contributed by atoms with Crippen LogP contribution >= 0.6 is 0 Å². The summed E-state index contributed by atoms with van der Waals surface area (Å²) in [6.45, 7) is 1.19. The summed E-state index contributed by atoms with van der Waals surface area (Å²) >= 11 is 0. The second-order valence-electron chi connectivity index (χ2n) is 7.57. The molecule has 0 aliphatic carbocycles. The number of rotatable bonds is 15. The molecule has 6 heteroatoms. The monoisotopic (exact) mass is 420 g/mol. The summed E-state index contributed by atoms with van der Waals surface area (Å²) in [4.78, 5) is 42.1. The summed E-state index contributed by atoms with van der Waals surface area (Å²) in [7, 11) is 1.42. The maximum Gasteiger partial charge on any atom is 0.355 e. The van der Waals surface area contributed by atoms with Gasteiger partial charge in [0.05, 0.1) is 19.1 Å². The number of esters is 1. The smallest absolute Gasteiger partial charge is 0.355 e. The van der Waals surface area contributed by atoms with Crippen molar-refractivity contribution in [2.75, 3.05) is 7.11 Å². The van der Waals surface area contributed by atoms with Gasteiger partial charge in [0.2, 0.25) is 0 Å². The van der Waals surface area contributed by atoms with Crippen molar-refractivity contribution < 1.29 is 28.9 Å². The lowest BCUT2D eigenvalue weighted by Gasteiger charge is -2.07. The van der Waals surface area contributed by atoms with Gasteiger partial charge in [-0.15, -0.1) is 0 Å². The molecular formula is C24H36O6. The van der Waals surface area contributed by atoms with Crippen molar-refractivity contribution in [3.05, 3.63) is 35.4 Å². The van der Waals surface area contributed by atoms with Crippen molar-refractivity contribution >= 4 is 17.9 Å². The van der Waals surface area contributed by atoms with E-state index in [9.17, 15) is 14.4 Å². The summed E-state index contributed by atoms with van der Waals surface area (Å²) in [6, 6.07) is 7.68. The summed E-state index contributed by atoms with van der Waals surface area (Å²) in [5.41, 5.74) is 1.75. The molecule has 0 aromatic heterocycles. The third-order valence-electron chi connectivity index (χ3n) is 5.00. The van der Waals surface area contributed by atoms with Gasteiger partial charge in [-0.1, -0.05) is 76.0 Å². The molecule has 0 fully saturated rings. The van der Waals surface area contributed by atoms with Crippen LogP contribution in [-0.2, 0) is 30.5 Å². The van der Waals surface area contributed by atoms with Crippen molar-refractivity contribution in [2.24, 2.45) is 0 Å². The number of hydrogen-bond donors (Lipinski definition) is 0. The zero-order valence-corrected chi connectivity index (χ0v) is 18.5. The molecule has 0 saturated carbocycles.